The fourth-order valence-electron chi connectivity index (χ4n) is 2.68. The number of carbonyl (C=O) groups is 1. The average Bonchev–Trinajstić information content (AvgIpc) is 2.96. The molecule has 0 unspecified atom stereocenters. The molecule has 1 heterocycles. The van der Waals surface area contributed by atoms with Gasteiger partial charge in [-0.15, -0.1) is 0 Å². The minimum Gasteiger partial charge on any atom is -0.545 e. The highest BCUT2D eigenvalue weighted by molar-refractivity contribution is 5.85. The topological polar surface area (TPSA) is 130 Å². The van der Waals surface area contributed by atoms with Crippen molar-refractivity contribution in [3.05, 3.63) is 84.6 Å². The molecule has 0 atom stereocenters. The van der Waals surface area contributed by atoms with Gasteiger partial charge in [0.25, 0.3) is 5.56 Å². The molecule has 1 N–H and O–H groups in total. The summed E-state index contributed by atoms with van der Waals surface area (Å²) in [4.78, 5) is 34.2. The number of aromatic amines is 1. The minimum absolute atomic E-state index is 0.0180. The third-order valence-corrected chi connectivity index (χ3v) is 4.08. The molecular weight excluding hydrogens is 366 g/mol. The molecule has 0 aliphatic carbocycles. The first kappa shape index (κ1) is 18.6. The van der Waals surface area contributed by atoms with Crippen LogP contribution in [0.5, 0.6) is 5.75 Å². The van der Waals surface area contributed by atoms with Crippen molar-refractivity contribution in [2.24, 2.45) is 0 Å². The van der Waals surface area contributed by atoms with Crippen LogP contribution in [0.15, 0.2) is 47.3 Å². The van der Waals surface area contributed by atoms with E-state index in [-0.39, 0.29) is 22.2 Å². The van der Waals surface area contributed by atoms with Gasteiger partial charge in [0.2, 0.25) is 0 Å². The number of aromatic carboxylic acids is 1. The van der Waals surface area contributed by atoms with Crippen molar-refractivity contribution in [1.82, 2.24) is 9.78 Å². The average molecular weight is 380 g/mol. The molecular formula is C19H14N3O6-. The van der Waals surface area contributed by atoms with E-state index < -0.39 is 16.5 Å². The molecule has 0 fully saturated rings. The van der Waals surface area contributed by atoms with Crippen LogP contribution in [0.4, 0.5) is 5.69 Å². The van der Waals surface area contributed by atoms with Crippen molar-refractivity contribution in [3.8, 4) is 11.4 Å². The van der Waals surface area contributed by atoms with E-state index in [4.69, 9.17) is 4.74 Å². The second-order valence-corrected chi connectivity index (χ2v) is 5.81. The quantitative estimate of drug-likeness (QED) is 0.477. The normalized spacial score (nSPS) is 11.4. The number of carboxylic acids is 1. The van der Waals surface area contributed by atoms with Gasteiger partial charge >= 0.3 is 5.69 Å². The molecule has 28 heavy (non-hydrogen) atoms. The number of hydrogen-bond acceptors (Lipinski definition) is 6. The van der Waals surface area contributed by atoms with Crippen molar-refractivity contribution in [2.75, 3.05) is 7.11 Å². The highest BCUT2D eigenvalue weighted by atomic mass is 16.6. The lowest BCUT2D eigenvalue weighted by atomic mass is 10.1. The van der Waals surface area contributed by atoms with Crippen LogP contribution in [0.1, 0.15) is 15.9 Å². The largest absolute Gasteiger partial charge is 0.545 e. The molecule has 0 saturated heterocycles. The first-order valence-electron chi connectivity index (χ1n) is 7.97. The van der Waals surface area contributed by atoms with E-state index in [9.17, 15) is 24.8 Å². The molecule has 0 radical (unpaired) electrons. The Morgan fingerprint density at radius 2 is 1.93 bits per heavy atom. The van der Waals surface area contributed by atoms with Crippen LogP contribution < -0.4 is 26.0 Å². The molecule has 0 spiro atoms. The summed E-state index contributed by atoms with van der Waals surface area (Å²) in [6, 6.07) is 9.85. The zero-order valence-electron chi connectivity index (χ0n) is 14.7. The van der Waals surface area contributed by atoms with Gasteiger partial charge in [-0.2, -0.15) is 0 Å². The zero-order chi connectivity index (χ0) is 20.4. The summed E-state index contributed by atoms with van der Waals surface area (Å²) < 4.78 is 6.16. The van der Waals surface area contributed by atoms with Gasteiger partial charge in [0.15, 0.2) is 5.75 Å². The summed E-state index contributed by atoms with van der Waals surface area (Å²) in [6.45, 7) is 3.79. The smallest absolute Gasteiger partial charge is 0.311 e. The van der Waals surface area contributed by atoms with Gasteiger partial charge in [0.1, 0.15) is 0 Å². The molecule has 0 saturated carbocycles. The van der Waals surface area contributed by atoms with Crippen LogP contribution in [0.25, 0.3) is 18.3 Å². The molecule has 0 aliphatic heterocycles. The van der Waals surface area contributed by atoms with E-state index in [1.165, 1.54) is 54.3 Å². The Morgan fingerprint density at radius 1 is 1.25 bits per heavy atom. The molecule has 0 aliphatic rings. The maximum Gasteiger partial charge on any atom is 0.311 e. The third-order valence-electron chi connectivity index (χ3n) is 4.08. The zero-order valence-corrected chi connectivity index (χ0v) is 14.7. The van der Waals surface area contributed by atoms with E-state index in [0.717, 1.165) is 0 Å². The Morgan fingerprint density at radius 3 is 2.50 bits per heavy atom. The molecule has 3 rings (SSSR count). The van der Waals surface area contributed by atoms with Gasteiger partial charge in [-0.1, -0.05) is 24.8 Å². The Kier molecular flexibility index (Phi) is 4.82. The Hall–Kier alpha value is -4.14. The summed E-state index contributed by atoms with van der Waals surface area (Å²) in [6.07, 6.45) is 1.47. The van der Waals surface area contributed by atoms with Crippen LogP contribution in [-0.4, -0.2) is 27.8 Å². The van der Waals surface area contributed by atoms with E-state index in [1.54, 1.807) is 6.07 Å². The van der Waals surface area contributed by atoms with E-state index >= 15 is 0 Å². The molecule has 9 nitrogen and oxygen atoms in total. The molecule has 9 heteroatoms. The number of nitro benzene ring substituents is 1. The van der Waals surface area contributed by atoms with Gasteiger partial charge in [-0.3, -0.25) is 20.0 Å². The van der Waals surface area contributed by atoms with Crippen LogP contribution in [-0.2, 0) is 0 Å². The molecule has 0 bridgehead atoms. The molecule has 0 amide bonds. The number of H-pyrrole nitrogens is 1. The lowest BCUT2D eigenvalue weighted by Gasteiger charge is -2.04. The fourth-order valence-corrected chi connectivity index (χ4v) is 2.68. The van der Waals surface area contributed by atoms with E-state index in [1.807, 2.05) is 0 Å². The number of benzene rings is 2. The van der Waals surface area contributed by atoms with Crippen LogP contribution >= 0.6 is 0 Å². The lowest BCUT2D eigenvalue weighted by Crippen LogP contribution is -2.34. The number of hydrogen-bond donors (Lipinski definition) is 1. The number of methoxy groups -OCH3 is 1. The predicted octanol–water partition coefficient (Wildman–Crippen LogP) is -0.315. The SMILES string of the molecule is C=c1[nH]n(-c2ccc(C(=O)[O-])cc2)c(=O)/c1=C/c1ccc(OC)c([N+](=O)[O-])c1. The number of ether oxygens (including phenoxy) is 1. The minimum atomic E-state index is -1.32. The summed E-state index contributed by atoms with van der Waals surface area (Å²) in [7, 11) is 1.33. The van der Waals surface area contributed by atoms with E-state index in [0.29, 0.717) is 16.6 Å². The molecule has 3 aromatic rings. The highest BCUT2D eigenvalue weighted by Gasteiger charge is 2.14. The Bertz CT molecular complexity index is 1240. The number of nitrogens with one attached hydrogen (secondary N) is 1. The maximum absolute atomic E-state index is 12.7. The summed E-state index contributed by atoms with van der Waals surface area (Å²) in [5.74, 6) is -1.21. The second kappa shape index (κ2) is 7.23. The number of nitrogens with zero attached hydrogens (tertiary/aromatic N) is 2. The monoisotopic (exact) mass is 380 g/mol. The van der Waals surface area contributed by atoms with Gasteiger partial charge in [-0.25, -0.2) is 4.68 Å². The van der Waals surface area contributed by atoms with E-state index in [2.05, 4.69) is 11.7 Å². The third kappa shape index (κ3) is 3.40. The number of carboxylic acid groups (broad SMARTS) is 1. The maximum atomic E-state index is 12.7. The van der Waals surface area contributed by atoms with Crippen molar-refractivity contribution < 1.29 is 19.6 Å². The molecule has 1 aromatic heterocycles. The van der Waals surface area contributed by atoms with Gasteiger partial charge in [-0.05, 0) is 35.4 Å². The van der Waals surface area contributed by atoms with Crippen molar-refractivity contribution >= 4 is 24.3 Å². The summed E-state index contributed by atoms with van der Waals surface area (Å²) >= 11 is 0. The predicted molar refractivity (Wildman–Crippen MR) is 98.7 cm³/mol. The van der Waals surface area contributed by atoms with Gasteiger partial charge < -0.3 is 14.6 Å². The Balaban J connectivity index is 2.11. The number of carbonyl (C=O) groups excluding carboxylic acids is 1. The van der Waals surface area contributed by atoms with Crippen LogP contribution in [0.3, 0.4) is 0 Å². The number of aromatic nitrogens is 2. The van der Waals surface area contributed by atoms with Crippen molar-refractivity contribution in [3.63, 3.8) is 0 Å². The second-order valence-electron chi connectivity index (χ2n) is 5.81. The number of nitro groups is 1. The summed E-state index contributed by atoms with van der Waals surface area (Å²) in [5.41, 5.74) is 0.143. The highest BCUT2D eigenvalue weighted by Crippen LogP contribution is 2.27. The molecule has 142 valence electrons. The standard InChI is InChI=1S/C19H15N3O6/c1-11-15(9-12-3-8-17(28-2)16(10-12)22(26)27)18(23)21(20-11)14-6-4-13(5-7-14)19(24)25/h3-10,20H,1H2,2H3,(H,24,25)/p-1/b15-9+. The van der Waals surface area contributed by atoms with Crippen molar-refractivity contribution in [2.45, 2.75) is 0 Å². The molecule has 2 aromatic carbocycles. The van der Waals surface area contributed by atoms with Crippen LogP contribution in [0, 0.1) is 10.1 Å². The first-order valence-corrected chi connectivity index (χ1v) is 7.97. The first-order chi connectivity index (χ1) is 13.3. The van der Waals surface area contributed by atoms with Crippen molar-refractivity contribution in [1.29, 1.82) is 0 Å². The summed E-state index contributed by atoms with van der Waals surface area (Å²) in [5, 5.41) is 25.3. The van der Waals surface area contributed by atoms with Crippen LogP contribution in [0.2, 0.25) is 0 Å². The Labute approximate surface area is 157 Å². The number of rotatable bonds is 5. The lowest BCUT2D eigenvalue weighted by molar-refractivity contribution is -0.385. The van der Waals surface area contributed by atoms with Gasteiger partial charge in [0.05, 0.1) is 34.3 Å². The fraction of sp³-hybridized carbons (Fsp3) is 0.0526. The van der Waals surface area contributed by atoms with Gasteiger partial charge in [0, 0.05) is 6.07 Å².